The Balaban J connectivity index is 2.26. The molecule has 13 heteroatoms. The molecule has 0 aliphatic heterocycles. The minimum Gasteiger partial charge on any atom is -0.481 e. The van der Waals surface area contributed by atoms with Gasteiger partial charge in [0.25, 0.3) is 0 Å². The number of aliphatic hydroxyl groups is 1. The number of rotatable bonds is 13. The van der Waals surface area contributed by atoms with Crippen LogP contribution in [0.25, 0.3) is 10.9 Å². The topological polar surface area (TPSA) is 224 Å². The first kappa shape index (κ1) is 27.3. The van der Waals surface area contributed by atoms with E-state index in [2.05, 4.69) is 20.9 Å². The molecule has 2 rings (SSSR count). The number of nitrogens with one attached hydrogen (secondary N) is 4. The molecule has 0 saturated carbocycles. The summed E-state index contributed by atoms with van der Waals surface area (Å²) in [6.07, 6.45) is -0.614. The highest BCUT2D eigenvalue weighted by Gasteiger charge is 2.32. The molecule has 0 bridgehead atoms. The number of nitrogens with two attached hydrogens (primary N) is 1. The normalized spacial score (nSPS) is 14.4. The zero-order chi connectivity index (χ0) is 26.1. The summed E-state index contributed by atoms with van der Waals surface area (Å²) in [5.74, 6) is -5.18. The highest BCUT2D eigenvalue weighted by Crippen LogP contribution is 2.19. The summed E-state index contributed by atoms with van der Waals surface area (Å²) in [6, 6.07) is 3.00. The Kier molecular flexibility index (Phi) is 9.73. The molecule has 0 aliphatic carbocycles. The predicted octanol–water partition coefficient (Wildman–Crippen LogP) is -1.55. The van der Waals surface area contributed by atoms with Crippen LogP contribution >= 0.6 is 0 Å². The van der Waals surface area contributed by atoms with Gasteiger partial charge in [-0.15, -0.1) is 0 Å². The molecule has 0 saturated heterocycles. The molecule has 3 amide bonds. The summed E-state index contributed by atoms with van der Waals surface area (Å²) >= 11 is 0. The lowest BCUT2D eigenvalue weighted by molar-refractivity contribution is -0.145. The van der Waals surface area contributed by atoms with Crippen molar-refractivity contribution in [2.75, 3.05) is 6.54 Å². The molecule has 4 unspecified atom stereocenters. The van der Waals surface area contributed by atoms with Crippen molar-refractivity contribution >= 4 is 40.6 Å². The van der Waals surface area contributed by atoms with E-state index in [1.807, 2.05) is 18.2 Å². The summed E-state index contributed by atoms with van der Waals surface area (Å²) in [5, 5.41) is 35.6. The number of aromatic nitrogens is 1. The fraction of sp³-hybridized carbons (Fsp3) is 0.409. The standard InChI is InChI=1S/C22H29N5O8/c1-11(28)19(22(34)35)27-20(32)15(6-7-18(30)31)26-21(33)16(25-17(29)9-23)8-12-10-24-14-5-3-2-4-13(12)14/h2-5,10-11,15-16,19,24,28H,6-9,23H2,1H3,(H,25,29)(H,26,33)(H,27,32)(H,30,31)(H,34,35). The third-order valence-corrected chi connectivity index (χ3v) is 5.26. The van der Waals surface area contributed by atoms with Crippen LogP contribution in [-0.2, 0) is 30.4 Å². The summed E-state index contributed by atoms with van der Waals surface area (Å²) in [4.78, 5) is 63.2. The SMILES string of the molecule is CC(O)C(NC(=O)C(CCC(=O)O)NC(=O)C(Cc1c[nH]c2ccccc12)NC(=O)CN)C(=O)O. The third kappa shape index (κ3) is 7.79. The van der Waals surface area contributed by atoms with Gasteiger partial charge in [-0.1, -0.05) is 18.2 Å². The van der Waals surface area contributed by atoms with E-state index in [0.717, 1.165) is 17.8 Å². The van der Waals surface area contributed by atoms with Crippen LogP contribution < -0.4 is 21.7 Å². The van der Waals surface area contributed by atoms with Gasteiger partial charge in [0.05, 0.1) is 12.6 Å². The van der Waals surface area contributed by atoms with Crippen molar-refractivity contribution in [1.29, 1.82) is 0 Å². The molecule has 0 aliphatic rings. The largest absolute Gasteiger partial charge is 0.481 e. The highest BCUT2D eigenvalue weighted by molar-refractivity contribution is 5.94. The second-order valence-corrected chi connectivity index (χ2v) is 7.95. The first-order chi connectivity index (χ1) is 16.5. The van der Waals surface area contributed by atoms with Crippen molar-refractivity contribution in [3.63, 3.8) is 0 Å². The Bertz CT molecular complexity index is 1080. The molecule has 190 valence electrons. The molecule has 2 aromatic rings. The van der Waals surface area contributed by atoms with Crippen LogP contribution in [0.1, 0.15) is 25.3 Å². The lowest BCUT2D eigenvalue weighted by Crippen LogP contribution is -2.58. The predicted molar refractivity (Wildman–Crippen MR) is 123 cm³/mol. The monoisotopic (exact) mass is 491 g/mol. The van der Waals surface area contributed by atoms with Gasteiger partial charge < -0.3 is 42.0 Å². The van der Waals surface area contributed by atoms with E-state index in [1.165, 1.54) is 0 Å². The average molecular weight is 492 g/mol. The second kappa shape index (κ2) is 12.5. The van der Waals surface area contributed by atoms with E-state index < -0.39 is 66.9 Å². The zero-order valence-corrected chi connectivity index (χ0v) is 19.0. The Morgan fingerprint density at radius 1 is 1.00 bits per heavy atom. The van der Waals surface area contributed by atoms with Crippen molar-refractivity contribution in [2.45, 2.75) is 50.4 Å². The van der Waals surface area contributed by atoms with Crippen LogP contribution in [0.15, 0.2) is 30.5 Å². The Hall–Kier alpha value is -3.97. The number of H-pyrrole nitrogens is 1. The van der Waals surface area contributed by atoms with Gasteiger partial charge in [-0.2, -0.15) is 0 Å². The van der Waals surface area contributed by atoms with Gasteiger partial charge in [0.2, 0.25) is 17.7 Å². The van der Waals surface area contributed by atoms with Crippen LogP contribution in [0.3, 0.4) is 0 Å². The van der Waals surface area contributed by atoms with Gasteiger partial charge in [-0.25, -0.2) is 4.79 Å². The summed E-state index contributed by atoms with van der Waals surface area (Å²) in [5.41, 5.74) is 6.88. The number of para-hydroxylation sites is 1. The number of benzene rings is 1. The number of aliphatic carboxylic acids is 2. The maximum Gasteiger partial charge on any atom is 0.328 e. The van der Waals surface area contributed by atoms with Crippen LogP contribution in [0, 0.1) is 0 Å². The van der Waals surface area contributed by atoms with Gasteiger partial charge in [0.1, 0.15) is 12.1 Å². The first-order valence-electron chi connectivity index (χ1n) is 10.8. The van der Waals surface area contributed by atoms with Gasteiger partial charge in [-0.05, 0) is 25.0 Å². The van der Waals surface area contributed by atoms with E-state index in [-0.39, 0.29) is 12.8 Å². The van der Waals surface area contributed by atoms with E-state index in [1.54, 1.807) is 12.3 Å². The smallest absolute Gasteiger partial charge is 0.328 e. The Labute approximate surface area is 200 Å². The molecule has 35 heavy (non-hydrogen) atoms. The maximum absolute atomic E-state index is 13.1. The lowest BCUT2D eigenvalue weighted by atomic mass is 10.0. The minimum absolute atomic E-state index is 0.0281. The van der Waals surface area contributed by atoms with E-state index in [0.29, 0.717) is 5.56 Å². The molecule has 1 aromatic carbocycles. The number of carbonyl (C=O) groups is 5. The highest BCUT2D eigenvalue weighted by atomic mass is 16.4. The Morgan fingerprint density at radius 3 is 2.26 bits per heavy atom. The molecule has 1 aromatic heterocycles. The summed E-state index contributed by atoms with van der Waals surface area (Å²) in [6.45, 7) is 0.763. The average Bonchev–Trinajstić information content (AvgIpc) is 3.21. The molecular formula is C22H29N5O8. The van der Waals surface area contributed by atoms with Crippen molar-refractivity contribution in [3.05, 3.63) is 36.0 Å². The van der Waals surface area contributed by atoms with Crippen molar-refractivity contribution in [3.8, 4) is 0 Å². The van der Waals surface area contributed by atoms with Gasteiger partial charge in [0.15, 0.2) is 6.04 Å². The number of amides is 3. The number of hydrogen-bond donors (Lipinski definition) is 8. The van der Waals surface area contributed by atoms with Crippen molar-refractivity contribution in [2.24, 2.45) is 5.73 Å². The van der Waals surface area contributed by atoms with Crippen LogP contribution in [-0.4, -0.2) is 80.7 Å². The van der Waals surface area contributed by atoms with Crippen LogP contribution in [0.5, 0.6) is 0 Å². The van der Waals surface area contributed by atoms with Gasteiger partial charge in [0, 0.05) is 29.9 Å². The summed E-state index contributed by atoms with van der Waals surface area (Å²) in [7, 11) is 0. The molecular weight excluding hydrogens is 462 g/mol. The van der Waals surface area contributed by atoms with Crippen LogP contribution in [0.2, 0.25) is 0 Å². The number of hydrogen-bond acceptors (Lipinski definition) is 7. The van der Waals surface area contributed by atoms with E-state index >= 15 is 0 Å². The fourth-order valence-corrected chi connectivity index (χ4v) is 3.43. The molecule has 13 nitrogen and oxygen atoms in total. The van der Waals surface area contributed by atoms with Crippen LogP contribution in [0.4, 0.5) is 0 Å². The van der Waals surface area contributed by atoms with E-state index in [4.69, 9.17) is 10.8 Å². The molecule has 0 fully saturated rings. The lowest BCUT2D eigenvalue weighted by Gasteiger charge is -2.25. The van der Waals surface area contributed by atoms with Crippen molar-refractivity contribution < 1.29 is 39.3 Å². The number of aliphatic hydroxyl groups excluding tert-OH is 1. The molecule has 4 atom stereocenters. The number of carboxylic acid groups (broad SMARTS) is 2. The Morgan fingerprint density at radius 2 is 1.66 bits per heavy atom. The fourth-order valence-electron chi connectivity index (χ4n) is 3.43. The van der Waals surface area contributed by atoms with Gasteiger partial charge >= 0.3 is 11.9 Å². The number of aromatic amines is 1. The maximum atomic E-state index is 13.1. The second-order valence-electron chi connectivity index (χ2n) is 7.95. The number of carboxylic acids is 2. The molecule has 1 heterocycles. The number of carbonyl (C=O) groups excluding carboxylic acids is 3. The van der Waals surface area contributed by atoms with Gasteiger partial charge in [-0.3, -0.25) is 19.2 Å². The quantitative estimate of drug-likeness (QED) is 0.162. The van der Waals surface area contributed by atoms with E-state index in [9.17, 15) is 34.2 Å². The minimum atomic E-state index is -1.68. The molecule has 9 N–H and O–H groups in total. The molecule has 0 radical (unpaired) electrons. The summed E-state index contributed by atoms with van der Waals surface area (Å²) < 4.78 is 0. The van der Waals surface area contributed by atoms with Crippen molar-refractivity contribution in [1.82, 2.24) is 20.9 Å². The first-order valence-corrected chi connectivity index (χ1v) is 10.8. The molecule has 0 spiro atoms. The zero-order valence-electron chi connectivity index (χ0n) is 19.0. The number of fused-ring (bicyclic) bond motifs is 1. The third-order valence-electron chi connectivity index (χ3n) is 5.26.